The summed E-state index contributed by atoms with van der Waals surface area (Å²) in [5, 5.41) is 16.7. The van der Waals surface area contributed by atoms with Gasteiger partial charge in [0.25, 0.3) is 11.6 Å². The number of nitrogens with zero attached hydrogens (tertiary/aromatic N) is 1. The van der Waals surface area contributed by atoms with E-state index in [1.54, 1.807) is 24.3 Å². The first-order valence-electron chi connectivity index (χ1n) is 6.20. The maximum absolute atomic E-state index is 12.0. The predicted octanol–water partition coefficient (Wildman–Crippen LogP) is 0.903. The summed E-state index contributed by atoms with van der Waals surface area (Å²) >= 11 is 0. The molecule has 0 unspecified atom stereocenters. The summed E-state index contributed by atoms with van der Waals surface area (Å²) in [6.45, 7) is -0.0289. The molecule has 0 bridgehead atoms. The monoisotopic (exact) mass is 285 g/mol. The largest absolute Gasteiger partial charge is 0.618 e. The Hall–Kier alpha value is -3.09. The highest BCUT2D eigenvalue weighted by Crippen LogP contribution is 2.30. The standard InChI is InChI=1S/C14H11N3O4/c18-13-8-21-12-5-4-9(7-10(12)16-13)15-14(19)11-3-1-2-6-17(11)20/h1-7H,8H2,(H,15,19)(H,16,18). The van der Waals surface area contributed by atoms with E-state index in [1.807, 2.05) is 0 Å². The van der Waals surface area contributed by atoms with Gasteiger partial charge in [0.15, 0.2) is 12.8 Å². The van der Waals surface area contributed by atoms with Crippen molar-refractivity contribution in [2.75, 3.05) is 17.2 Å². The second kappa shape index (κ2) is 5.12. The number of carbonyl (C=O) groups excluding carboxylic acids is 2. The number of hydrogen-bond donors (Lipinski definition) is 2. The Morgan fingerprint density at radius 2 is 2.19 bits per heavy atom. The van der Waals surface area contributed by atoms with Gasteiger partial charge in [-0.15, -0.1) is 0 Å². The smallest absolute Gasteiger partial charge is 0.321 e. The first kappa shape index (κ1) is 12.9. The van der Waals surface area contributed by atoms with Crippen molar-refractivity contribution in [1.29, 1.82) is 0 Å². The van der Waals surface area contributed by atoms with E-state index in [9.17, 15) is 14.8 Å². The predicted molar refractivity (Wildman–Crippen MR) is 73.9 cm³/mol. The van der Waals surface area contributed by atoms with Crippen LogP contribution < -0.4 is 20.1 Å². The number of hydrogen-bond acceptors (Lipinski definition) is 4. The Bertz CT molecular complexity index is 730. The second-order valence-electron chi connectivity index (χ2n) is 4.41. The number of amides is 2. The van der Waals surface area contributed by atoms with Gasteiger partial charge in [-0.05, 0) is 24.3 Å². The molecule has 2 N–H and O–H groups in total. The fourth-order valence-corrected chi connectivity index (χ4v) is 1.96. The van der Waals surface area contributed by atoms with E-state index in [4.69, 9.17) is 4.74 Å². The number of carbonyl (C=O) groups is 2. The maximum atomic E-state index is 12.0. The van der Waals surface area contributed by atoms with Crippen LogP contribution in [0.3, 0.4) is 0 Å². The van der Waals surface area contributed by atoms with Gasteiger partial charge in [0.2, 0.25) is 0 Å². The Morgan fingerprint density at radius 1 is 1.33 bits per heavy atom. The molecule has 7 heteroatoms. The number of nitrogens with one attached hydrogen (secondary N) is 2. The molecule has 0 saturated carbocycles. The fraction of sp³-hybridized carbons (Fsp3) is 0.0714. The number of anilines is 2. The van der Waals surface area contributed by atoms with Crippen LogP contribution in [-0.4, -0.2) is 18.4 Å². The molecule has 0 aliphatic carbocycles. The third kappa shape index (κ3) is 2.62. The van der Waals surface area contributed by atoms with Crippen LogP contribution in [-0.2, 0) is 4.79 Å². The van der Waals surface area contributed by atoms with E-state index in [-0.39, 0.29) is 18.2 Å². The van der Waals surface area contributed by atoms with Crippen molar-refractivity contribution < 1.29 is 19.1 Å². The van der Waals surface area contributed by atoms with Crippen molar-refractivity contribution in [3.05, 3.63) is 53.5 Å². The molecule has 3 rings (SSSR count). The van der Waals surface area contributed by atoms with Gasteiger partial charge in [-0.1, -0.05) is 0 Å². The van der Waals surface area contributed by atoms with Crippen LogP contribution in [0.4, 0.5) is 11.4 Å². The van der Waals surface area contributed by atoms with Crippen molar-refractivity contribution in [2.45, 2.75) is 0 Å². The average molecular weight is 285 g/mol. The third-order valence-corrected chi connectivity index (χ3v) is 2.93. The summed E-state index contributed by atoms with van der Waals surface area (Å²) in [6.07, 6.45) is 1.25. The topological polar surface area (TPSA) is 94.4 Å². The summed E-state index contributed by atoms with van der Waals surface area (Å²) in [4.78, 5) is 23.3. The first-order valence-corrected chi connectivity index (χ1v) is 6.20. The summed E-state index contributed by atoms with van der Waals surface area (Å²) in [7, 11) is 0. The molecule has 2 aromatic rings. The minimum Gasteiger partial charge on any atom is -0.618 e. The van der Waals surface area contributed by atoms with Gasteiger partial charge in [-0.2, -0.15) is 4.73 Å². The van der Waals surface area contributed by atoms with E-state index in [0.29, 0.717) is 21.9 Å². The van der Waals surface area contributed by atoms with Gasteiger partial charge in [-0.3, -0.25) is 9.59 Å². The van der Waals surface area contributed by atoms with E-state index >= 15 is 0 Å². The molecule has 7 nitrogen and oxygen atoms in total. The van der Waals surface area contributed by atoms with Gasteiger partial charge in [0.1, 0.15) is 5.75 Å². The molecule has 1 aliphatic heterocycles. The van der Waals surface area contributed by atoms with E-state index in [1.165, 1.54) is 18.3 Å². The number of fused-ring (bicyclic) bond motifs is 1. The van der Waals surface area contributed by atoms with Crippen molar-refractivity contribution in [3.8, 4) is 5.75 Å². The molecule has 2 amide bonds. The second-order valence-corrected chi connectivity index (χ2v) is 4.41. The lowest BCUT2D eigenvalue weighted by molar-refractivity contribution is -0.607. The van der Waals surface area contributed by atoms with E-state index in [2.05, 4.69) is 10.6 Å². The number of ether oxygens (including phenoxy) is 1. The van der Waals surface area contributed by atoms with Crippen molar-refractivity contribution >= 4 is 23.2 Å². The van der Waals surface area contributed by atoms with Crippen LogP contribution in [0, 0.1) is 5.21 Å². The molecular formula is C14H11N3O4. The van der Waals surface area contributed by atoms with Crippen LogP contribution >= 0.6 is 0 Å². The highest BCUT2D eigenvalue weighted by atomic mass is 16.5. The van der Waals surface area contributed by atoms with Gasteiger partial charge in [0.05, 0.1) is 5.69 Å². The Balaban J connectivity index is 1.82. The quantitative estimate of drug-likeness (QED) is 0.633. The Morgan fingerprint density at radius 3 is 3.00 bits per heavy atom. The zero-order chi connectivity index (χ0) is 14.8. The van der Waals surface area contributed by atoms with Gasteiger partial charge in [0, 0.05) is 17.8 Å². The molecule has 0 saturated heterocycles. The van der Waals surface area contributed by atoms with E-state index in [0.717, 1.165) is 0 Å². The van der Waals surface area contributed by atoms with Gasteiger partial charge >= 0.3 is 5.91 Å². The number of aromatic nitrogens is 1. The number of rotatable bonds is 2. The highest BCUT2D eigenvalue weighted by Gasteiger charge is 2.18. The minimum absolute atomic E-state index is 0.0180. The van der Waals surface area contributed by atoms with Crippen LogP contribution in [0.25, 0.3) is 0 Å². The van der Waals surface area contributed by atoms with Crippen LogP contribution in [0.1, 0.15) is 10.5 Å². The first-order chi connectivity index (χ1) is 10.1. The molecule has 21 heavy (non-hydrogen) atoms. The molecule has 0 atom stereocenters. The summed E-state index contributed by atoms with van der Waals surface area (Å²) in [6, 6.07) is 9.40. The Kier molecular flexibility index (Phi) is 3.15. The van der Waals surface area contributed by atoms with Crippen LogP contribution in [0.2, 0.25) is 0 Å². The summed E-state index contributed by atoms with van der Waals surface area (Å²) < 4.78 is 5.71. The number of pyridine rings is 1. The van der Waals surface area contributed by atoms with Crippen molar-refractivity contribution in [1.82, 2.24) is 0 Å². The Labute approximate surface area is 119 Å². The van der Waals surface area contributed by atoms with Crippen LogP contribution in [0.5, 0.6) is 5.75 Å². The zero-order valence-corrected chi connectivity index (χ0v) is 10.8. The SMILES string of the molecule is O=C1COc2ccc(NC(=O)c3cccc[n+]3[O-])cc2N1. The van der Waals surface area contributed by atoms with E-state index < -0.39 is 5.91 Å². The lowest BCUT2D eigenvalue weighted by atomic mass is 10.2. The lowest BCUT2D eigenvalue weighted by Crippen LogP contribution is -2.36. The molecule has 2 heterocycles. The zero-order valence-electron chi connectivity index (χ0n) is 10.8. The molecule has 106 valence electrons. The molecule has 0 spiro atoms. The summed E-state index contributed by atoms with van der Waals surface area (Å²) in [5.74, 6) is -0.258. The molecule has 0 fully saturated rings. The van der Waals surface area contributed by atoms with Gasteiger partial charge < -0.3 is 20.6 Å². The molecule has 1 aliphatic rings. The van der Waals surface area contributed by atoms with Gasteiger partial charge in [-0.25, -0.2) is 0 Å². The maximum Gasteiger partial charge on any atom is 0.321 e. The fourth-order valence-electron chi connectivity index (χ4n) is 1.96. The molecule has 1 aromatic heterocycles. The lowest BCUT2D eigenvalue weighted by Gasteiger charge is -2.18. The normalized spacial score (nSPS) is 12.9. The van der Waals surface area contributed by atoms with Crippen molar-refractivity contribution in [2.24, 2.45) is 0 Å². The van der Waals surface area contributed by atoms with Crippen molar-refractivity contribution in [3.63, 3.8) is 0 Å². The average Bonchev–Trinajstić information content (AvgIpc) is 2.47. The molecule has 1 aromatic carbocycles. The minimum atomic E-state index is -0.534. The molecular weight excluding hydrogens is 274 g/mol. The van der Waals surface area contributed by atoms with Crippen LogP contribution in [0.15, 0.2) is 42.6 Å². The number of benzene rings is 1. The molecule has 0 radical (unpaired) electrons. The summed E-state index contributed by atoms with van der Waals surface area (Å²) in [5.41, 5.74) is 0.913. The third-order valence-electron chi connectivity index (χ3n) is 2.93. The highest BCUT2D eigenvalue weighted by molar-refractivity contribution is 6.03.